The molecule has 0 atom stereocenters. The van der Waals surface area contributed by atoms with E-state index >= 15 is 0 Å². The average molecular weight is 212 g/mol. The van der Waals surface area contributed by atoms with Crippen LogP contribution in [0.4, 0.5) is 13.2 Å². The van der Waals surface area contributed by atoms with Gasteiger partial charge in [0, 0.05) is 0 Å². The van der Waals surface area contributed by atoms with E-state index in [1.807, 2.05) is 0 Å². The summed E-state index contributed by atoms with van der Waals surface area (Å²) in [5.41, 5.74) is -0.597. The number of alkyl halides is 2. The molecule has 0 unspecified atom stereocenters. The van der Waals surface area contributed by atoms with Crippen LogP contribution in [0, 0.1) is 5.95 Å². The van der Waals surface area contributed by atoms with E-state index in [4.69, 9.17) is 11.6 Å². The first kappa shape index (κ1) is 10.1. The lowest BCUT2D eigenvalue weighted by Crippen LogP contribution is -1.98. The second-order valence-electron chi connectivity index (χ2n) is 2.16. The number of hydrogen-bond donors (Lipinski definition) is 0. The third kappa shape index (κ3) is 2.03. The van der Waals surface area contributed by atoms with Crippen LogP contribution in [0.1, 0.15) is 12.0 Å². The smallest absolute Gasteiger partial charge is 0.267 e. The van der Waals surface area contributed by atoms with Crippen molar-refractivity contribution in [1.29, 1.82) is 0 Å². The second kappa shape index (κ2) is 3.83. The highest BCUT2D eigenvalue weighted by Gasteiger charge is 2.19. The average Bonchev–Trinajstić information content (AvgIpc) is 2.02. The second-order valence-corrected chi connectivity index (χ2v) is 2.55. The maximum absolute atomic E-state index is 12.8. The number of methoxy groups -OCH3 is 1. The number of nitrogens with zero attached hydrogens (tertiary/aromatic N) is 1. The lowest BCUT2D eigenvalue weighted by molar-refractivity contribution is 0.145. The molecular formula is C7H5ClF3NO. The largest absolute Gasteiger partial charge is 0.492 e. The molecule has 0 fully saturated rings. The lowest BCUT2D eigenvalue weighted by Gasteiger charge is -2.07. The zero-order valence-electron chi connectivity index (χ0n) is 6.52. The predicted molar refractivity (Wildman–Crippen MR) is 40.7 cm³/mol. The van der Waals surface area contributed by atoms with Crippen LogP contribution in [0.2, 0.25) is 5.15 Å². The van der Waals surface area contributed by atoms with Crippen molar-refractivity contribution in [1.82, 2.24) is 4.98 Å². The first-order valence-electron chi connectivity index (χ1n) is 3.24. The molecule has 1 rings (SSSR count). The minimum atomic E-state index is -2.84. The molecular weight excluding hydrogens is 207 g/mol. The summed E-state index contributed by atoms with van der Waals surface area (Å²) in [6.07, 6.45) is -2.84. The Balaban J connectivity index is 3.29. The van der Waals surface area contributed by atoms with Crippen molar-refractivity contribution < 1.29 is 17.9 Å². The fourth-order valence-electron chi connectivity index (χ4n) is 0.854. The van der Waals surface area contributed by atoms with Crippen molar-refractivity contribution in [3.63, 3.8) is 0 Å². The molecule has 1 aromatic rings. The Labute approximate surface area is 77.3 Å². The van der Waals surface area contributed by atoms with Crippen molar-refractivity contribution in [2.24, 2.45) is 0 Å². The minimum absolute atomic E-state index is 0.325. The zero-order chi connectivity index (χ0) is 10.0. The Morgan fingerprint density at radius 1 is 1.54 bits per heavy atom. The van der Waals surface area contributed by atoms with Gasteiger partial charge in [0.05, 0.1) is 12.7 Å². The Bertz CT molecular complexity index is 319. The van der Waals surface area contributed by atoms with Crippen LogP contribution in [0.3, 0.4) is 0 Å². The fourth-order valence-corrected chi connectivity index (χ4v) is 1.05. The van der Waals surface area contributed by atoms with Crippen LogP contribution >= 0.6 is 11.6 Å². The van der Waals surface area contributed by atoms with Crippen LogP contribution in [-0.4, -0.2) is 12.1 Å². The molecule has 1 heterocycles. The van der Waals surface area contributed by atoms with Crippen molar-refractivity contribution in [2.45, 2.75) is 6.43 Å². The monoisotopic (exact) mass is 211 g/mol. The molecule has 0 bridgehead atoms. The Morgan fingerprint density at radius 2 is 2.15 bits per heavy atom. The molecule has 2 nitrogen and oxygen atoms in total. The van der Waals surface area contributed by atoms with Gasteiger partial charge in [-0.25, -0.2) is 13.8 Å². The molecule has 0 amide bonds. The summed E-state index contributed by atoms with van der Waals surface area (Å²) in [7, 11) is 1.08. The van der Waals surface area contributed by atoms with Crippen LogP contribution < -0.4 is 4.74 Å². The van der Waals surface area contributed by atoms with Gasteiger partial charge in [-0.2, -0.15) is 4.39 Å². The van der Waals surface area contributed by atoms with E-state index in [-0.39, 0.29) is 5.15 Å². The molecule has 0 saturated carbocycles. The van der Waals surface area contributed by atoms with Crippen molar-refractivity contribution in [2.75, 3.05) is 7.11 Å². The lowest BCUT2D eigenvalue weighted by atomic mass is 10.2. The quantitative estimate of drug-likeness (QED) is 0.702. The number of halogens is 4. The van der Waals surface area contributed by atoms with Gasteiger partial charge < -0.3 is 4.74 Å². The molecule has 0 aromatic carbocycles. The predicted octanol–water partition coefficient (Wildman–Crippen LogP) is 2.82. The van der Waals surface area contributed by atoms with Crippen molar-refractivity contribution in [3.05, 3.63) is 22.7 Å². The van der Waals surface area contributed by atoms with Crippen molar-refractivity contribution in [3.8, 4) is 5.75 Å². The van der Waals surface area contributed by atoms with Crippen LogP contribution in [-0.2, 0) is 0 Å². The van der Waals surface area contributed by atoms with Gasteiger partial charge in [0.1, 0.15) is 5.15 Å². The highest BCUT2D eigenvalue weighted by molar-refractivity contribution is 6.29. The third-order valence-electron chi connectivity index (χ3n) is 1.37. The number of hydrogen-bond acceptors (Lipinski definition) is 2. The molecule has 0 radical (unpaired) electrons. The van der Waals surface area contributed by atoms with Gasteiger partial charge in [0.15, 0.2) is 5.75 Å². The Morgan fingerprint density at radius 3 is 2.62 bits per heavy atom. The molecule has 0 aliphatic rings. The van der Waals surface area contributed by atoms with Gasteiger partial charge in [-0.3, -0.25) is 0 Å². The topological polar surface area (TPSA) is 22.1 Å². The van der Waals surface area contributed by atoms with Gasteiger partial charge in [-0.15, -0.1) is 0 Å². The number of aromatic nitrogens is 1. The van der Waals surface area contributed by atoms with E-state index < -0.39 is 23.7 Å². The summed E-state index contributed by atoms with van der Waals surface area (Å²) < 4.78 is 41.7. The molecule has 0 saturated heterocycles. The third-order valence-corrected chi connectivity index (χ3v) is 1.56. The number of pyridine rings is 1. The fraction of sp³-hybridized carbons (Fsp3) is 0.286. The number of rotatable bonds is 2. The van der Waals surface area contributed by atoms with E-state index in [9.17, 15) is 13.2 Å². The summed E-state index contributed by atoms with van der Waals surface area (Å²) in [6, 6.07) is 0.869. The molecule has 13 heavy (non-hydrogen) atoms. The summed E-state index contributed by atoms with van der Waals surface area (Å²) in [4.78, 5) is 3.13. The van der Waals surface area contributed by atoms with Crippen LogP contribution in [0.25, 0.3) is 0 Å². The van der Waals surface area contributed by atoms with E-state index in [0.29, 0.717) is 0 Å². The van der Waals surface area contributed by atoms with E-state index in [1.165, 1.54) is 0 Å². The standard InChI is InChI=1S/C7H5ClF3NO/c1-13-5-3(6(9)10)2-4(8)12-7(5)11/h2,6H,1H3. The molecule has 6 heteroatoms. The van der Waals surface area contributed by atoms with Gasteiger partial charge in [0.2, 0.25) is 0 Å². The minimum Gasteiger partial charge on any atom is -0.492 e. The molecule has 0 aliphatic carbocycles. The van der Waals surface area contributed by atoms with E-state index in [0.717, 1.165) is 13.2 Å². The molecule has 0 aliphatic heterocycles. The van der Waals surface area contributed by atoms with E-state index in [2.05, 4.69) is 9.72 Å². The highest BCUT2D eigenvalue weighted by Crippen LogP contribution is 2.31. The maximum atomic E-state index is 12.8. The van der Waals surface area contributed by atoms with Crippen LogP contribution in [0.5, 0.6) is 5.75 Å². The van der Waals surface area contributed by atoms with Crippen molar-refractivity contribution >= 4 is 11.6 Å². The summed E-state index contributed by atoms with van der Waals surface area (Å²) in [5, 5.41) is -0.325. The first-order valence-corrected chi connectivity index (χ1v) is 3.62. The molecule has 0 N–H and O–H groups in total. The maximum Gasteiger partial charge on any atom is 0.267 e. The molecule has 0 spiro atoms. The Kier molecular flexibility index (Phi) is 2.98. The summed E-state index contributed by atoms with van der Waals surface area (Å²) in [6.45, 7) is 0. The van der Waals surface area contributed by atoms with Crippen LogP contribution in [0.15, 0.2) is 6.07 Å². The SMILES string of the molecule is COc1c(C(F)F)cc(Cl)nc1F. The summed E-state index contributed by atoms with van der Waals surface area (Å²) >= 11 is 5.28. The van der Waals surface area contributed by atoms with Gasteiger partial charge in [-0.05, 0) is 6.07 Å². The number of ether oxygens (including phenoxy) is 1. The normalized spacial score (nSPS) is 10.6. The van der Waals surface area contributed by atoms with Gasteiger partial charge in [-0.1, -0.05) is 11.6 Å². The van der Waals surface area contributed by atoms with Gasteiger partial charge >= 0.3 is 0 Å². The van der Waals surface area contributed by atoms with Gasteiger partial charge in [0.25, 0.3) is 12.4 Å². The molecule has 72 valence electrons. The van der Waals surface area contributed by atoms with E-state index in [1.54, 1.807) is 0 Å². The zero-order valence-corrected chi connectivity index (χ0v) is 7.28. The molecule has 1 aromatic heterocycles. The highest BCUT2D eigenvalue weighted by atomic mass is 35.5. The Hall–Kier alpha value is -0.970. The first-order chi connectivity index (χ1) is 6.06. The summed E-state index contributed by atoms with van der Waals surface area (Å²) in [5.74, 6) is -1.70.